The molecule has 19 heavy (non-hydrogen) atoms. The van der Waals surface area contributed by atoms with Gasteiger partial charge >= 0.3 is 5.97 Å². The van der Waals surface area contributed by atoms with E-state index in [1.807, 2.05) is 25.1 Å². The fourth-order valence-electron chi connectivity index (χ4n) is 1.73. The molecule has 2 aromatic rings. The van der Waals surface area contributed by atoms with E-state index in [0.29, 0.717) is 12.0 Å². The monoisotopic (exact) mass is 370 g/mol. The molecular formula is C14H15IN2O2. The van der Waals surface area contributed by atoms with Gasteiger partial charge in [0.25, 0.3) is 0 Å². The molecule has 4 nitrogen and oxygen atoms in total. The van der Waals surface area contributed by atoms with Crippen LogP contribution in [0.3, 0.4) is 0 Å². The Labute approximate surface area is 125 Å². The van der Waals surface area contributed by atoms with Crippen LogP contribution in [-0.2, 0) is 16.0 Å². The van der Waals surface area contributed by atoms with Crippen LogP contribution in [0.25, 0.3) is 11.0 Å². The maximum Gasteiger partial charge on any atom is 0.333 e. The fraction of sp³-hybridized carbons (Fsp3) is 0.286. The van der Waals surface area contributed by atoms with Gasteiger partial charge < -0.3 is 9.72 Å². The zero-order valence-electron chi connectivity index (χ0n) is 10.9. The van der Waals surface area contributed by atoms with Crippen LogP contribution in [-0.4, -0.2) is 22.0 Å². The SMILES string of the molecule is C=C(C)C(=O)OC(C)Cc1nc2ccc(I)cc2[nH]1. The maximum absolute atomic E-state index is 11.4. The molecule has 0 radical (unpaired) electrons. The van der Waals surface area contributed by atoms with Crippen LogP contribution in [0.1, 0.15) is 19.7 Å². The summed E-state index contributed by atoms with van der Waals surface area (Å²) < 4.78 is 6.39. The molecule has 1 aromatic carbocycles. The molecule has 0 amide bonds. The zero-order valence-corrected chi connectivity index (χ0v) is 13.0. The number of esters is 1. The summed E-state index contributed by atoms with van der Waals surface area (Å²) >= 11 is 2.26. The smallest absolute Gasteiger partial charge is 0.333 e. The van der Waals surface area contributed by atoms with Gasteiger partial charge in [-0.15, -0.1) is 0 Å². The molecule has 0 fully saturated rings. The first-order valence-electron chi connectivity index (χ1n) is 5.96. The average molecular weight is 370 g/mol. The highest BCUT2D eigenvalue weighted by Crippen LogP contribution is 2.16. The Morgan fingerprint density at radius 1 is 1.58 bits per heavy atom. The number of ether oxygens (including phenoxy) is 1. The van der Waals surface area contributed by atoms with Gasteiger partial charge in [0.05, 0.1) is 11.0 Å². The molecule has 0 bridgehead atoms. The number of fused-ring (bicyclic) bond motifs is 1. The van der Waals surface area contributed by atoms with Crippen molar-refractivity contribution in [2.75, 3.05) is 0 Å². The number of H-pyrrole nitrogens is 1. The summed E-state index contributed by atoms with van der Waals surface area (Å²) in [5.41, 5.74) is 2.33. The minimum atomic E-state index is -0.363. The predicted molar refractivity (Wildman–Crippen MR) is 82.9 cm³/mol. The van der Waals surface area contributed by atoms with Gasteiger partial charge in [-0.2, -0.15) is 0 Å². The Balaban J connectivity index is 2.08. The highest BCUT2D eigenvalue weighted by molar-refractivity contribution is 14.1. The number of halogens is 1. The van der Waals surface area contributed by atoms with Crippen molar-refractivity contribution in [3.8, 4) is 0 Å². The van der Waals surface area contributed by atoms with Crippen LogP contribution in [0.5, 0.6) is 0 Å². The van der Waals surface area contributed by atoms with Gasteiger partial charge in [-0.1, -0.05) is 6.58 Å². The Morgan fingerprint density at radius 3 is 3.00 bits per heavy atom. The van der Waals surface area contributed by atoms with Crippen molar-refractivity contribution in [1.82, 2.24) is 9.97 Å². The number of hydrogen-bond donors (Lipinski definition) is 1. The first-order chi connectivity index (χ1) is 8.95. The van der Waals surface area contributed by atoms with Gasteiger partial charge in [-0.05, 0) is 54.6 Å². The van der Waals surface area contributed by atoms with Crippen molar-refractivity contribution in [3.63, 3.8) is 0 Å². The van der Waals surface area contributed by atoms with E-state index in [1.54, 1.807) is 6.92 Å². The lowest BCUT2D eigenvalue weighted by molar-refractivity contribution is -0.143. The van der Waals surface area contributed by atoms with Crippen molar-refractivity contribution in [2.24, 2.45) is 0 Å². The topological polar surface area (TPSA) is 55.0 Å². The van der Waals surface area contributed by atoms with Crippen molar-refractivity contribution < 1.29 is 9.53 Å². The Kier molecular flexibility index (Phi) is 4.24. The molecule has 1 heterocycles. The van der Waals surface area contributed by atoms with Crippen LogP contribution >= 0.6 is 22.6 Å². The summed E-state index contributed by atoms with van der Waals surface area (Å²) in [5, 5.41) is 0. The summed E-state index contributed by atoms with van der Waals surface area (Å²) in [6.07, 6.45) is 0.327. The minimum Gasteiger partial charge on any atom is -0.459 e. The van der Waals surface area contributed by atoms with E-state index in [4.69, 9.17) is 4.74 Å². The predicted octanol–water partition coefficient (Wildman–Crippen LogP) is 3.22. The van der Waals surface area contributed by atoms with Crippen LogP contribution < -0.4 is 0 Å². The zero-order chi connectivity index (χ0) is 14.0. The third-order valence-electron chi connectivity index (χ3n) is 2.63. The molecule has 0 saturated heterocycles. The van der Waals surface area contributed by atoms with E-state index in [2.05, 4.69) is 39.1 Å². The van der Waals surface area contributed by atoms with E-state index in [-0.39, 0.29) is 12.1 Å². The fourth-order valence-corrected chi connectivity index (χ4v) is 2.22. The molecule has 0 saturated carbocycles. The molecule has 0 aliphatic heterocycles. The van der Waals surface area contributed by atoms with Gasteiger partial charge in [-0.25, -0.2) is 9.78 Å². The first kappa shape index (κ1) is 14.0. The van der Waals surface area contributed by atoms with Gasteiger partial charge in [0, 0.05) is 15.6 Å². The second kappa shape index (κ2) is 5.73. The number of carbonyl (C=O) groups is 1. The summed E-state index contributed by atoms with van der Waals surface area (Å²) in [6, 6.07) is 6.02. The lowest BCUT2D eigenvalue weighted by Crippen LogP contribution is -2.18. The van der Waals surface area contributed by atoms with Gasteiger partial charge in [-0.3, -0.25) is 0 Å². The number of imidazole rings is 1. The normalized spacial score (nSPS) is 12.4. The Morgan fingerprint density at radius 2 is 2.32 bits per heavy atom. The Hall–Kier alpha value is -1.37. The molecule has 5 heteroatoms. The number of benzene rings is 1. The summed E-state index contributed by atoms with van der Waals surface area (Å²) in [7, 11) is 0. The third kappa shape index (κ3) is 3.56. The number of nitrogens with one attached hydrogen (secondary N) is 1. The molecule has 1 atom stereocenters. The van der Waals surface area contributed by atoms with E-state index in [9.17, 15) is 4.79 Å². The number of rotatable bonds is 4. The second-order valence-corrected chi connectivity index (χ2v) is 5.79. The van der Waals surface area contributed by atoms with E-state index < -0.39 is 0 Å². The van der Waals surface area contributed by atoms with Crippen molar-refractivity contribution in [3.05, 3.63) is 39.7 Å². The molecule has 1 unspecified atom stereocenters. The first-order valence-corrected chi connectivity index (χ1v) is 7.04. The lowest BCUT2D eigenvalue weighted by atomic mass is 10.2. The maximum atomic E-state index is 11.4. The Bertz CT molecular complexity index is 633. The molecule has 0 spiro atoms. The highest BCUT2D eigenvalue weighted by atomic mass is 127. The van der Waals surface area contributed by atoms with E-state index >= 15 is 0 Å². The highest BCUT2D eigenvalue weighted by Gasteiger charge is 2.13. The minimum absolute atomic E-state index is 0.233. The molecular weight excluding hydrogens is 355 g/mol. The molecule has 0 aliphatic carbocycles. The van der Waals surface area contributed by atoms with Gasteiger partial charge in [0.1, 0.15) is 11.9 Å². The van der Waals surface area contributed by atoms with Gasteiger partial charge in [0.15, 0.2) is 0 Å². The van der Waals surface area contributed by atoms with Crippen LogP contribution in [0.15, 0.2) is 30.4 Å². The van der Waals surface area contributed by atoms with Crippen molar-refractivity contribution >= 4 is 39.6 Å². The molecule has 0 aliphatic rings. The third-order valence-corrected chi connectivity index (χ3v) is 3.30. The summed E-state index contributed by atoms with van der Waals surface area (Å²) in [6.45, 7) is 7.04. The molecule has 1 N–H and O–H groups in total. The molecule has 2 rings (SSSR count). The number of hydrogen-bond acceptors (Lipinski definition) is 3. The number of carbonyl (C=O) groups excluding carboxylic acids is 1. The van der Waals surface area contributed by atoms with Crippen LogP contribution in [0.4, 0.5) is 0 Å². The summed E-state index contributed by atoms with van der Waals surface area (Å²) in [4.78, 5) is 19.1. The molecule has 100 valence electrons. The van der Waals surface area contributed by atoms with Crippen molar-refractivity contribution in [2.45, 2.75) is 26.4 Å². The second-order valence-electron chi connectivity index (χ2n) is 4.55. The molecule has 1 aromatic heterocycles. The van der Waals surface area contributed by atoms with E-state index in [1.165, 1.54) is 0 Å². The lowest BCUT2D eigenvalue weighted by Gasteiger charge is -2.11. The number of aromatic amines is 1. The van der Waals surface area contributed by atoms with Crippen molar-refractivity contribution in [1.29, 1.82) is 0 Å². The van der Waals surface area contributed by atoms with Gasteiger partial charge in [0.2, 0.25) is 0 Å². The largest absolute Gasteiger partial charge is 0.459 e. The standard InChI is InChI=1S/C14H15IN2O2/c1-8(2)14(18)19-9(3)6-13-16-11-5-4-10(15)7-12(11)17-13/h4-5,7,9H,1,6H2,2-3H3,(H,16,17). The number of nitrogens with zero attached hydrogens (tertiary/aromatic N) is 1. The van der Waals surface area contributed by atoms with Crippen LogP contribution in [0, 0.1) is 3.57 Å². The average Bonchev–Trinajstić information content (AvgIpc) is 2.69. The van der Waals surface area contributed by atoms with E-state index in [0.717, 1.165) is 20.4 Å². The quantitative estimate of drug-likeness (QED) is 0.511. The summed E-state index contributed by atoms with van der Waals surface area (Å²) in [5.74, 6) is 0.456. The number of aromatic nitrogens is 2. The van der Waals surface area contributed by atoms with Crippen LogP contribution in [0.2, 0.25) is 0 Å².